The van der Waals surface area contributed by atoms with Crippen LogP contribution >= 0.6 is 0 Å². The Kier molecular flexibility index (Phi) is 7.12. The van der Waals surface area contributed by atoms with E-state index in [2.05, 4.69) is 13.8 Å². The van der Waals surface area contributed by atoms with Crippen molar-refractivity contribution in [1.29, 1.82) is 5.41 Å². The number of hydrogen-bond acceptors (Lipinski definition) is 2. The Morgan fingerprint density at radius 1 is 1.14 bits per heavy atom. The van der Waals surface area contributed by atoms with Crippen LogP contribution in [-0.2, 0) is 11.3 Å². The third-order valence-electron chi connectivity index (χ3n) is 3.57. The lowest BCUT2D eigenvalue weighted by Crippen LogP contribution is -3.00. The standard InChI is InChI=1S/C17H23N3O.ClH/c1-3-10-19(11-4-2)17(21)13-20-12-9-15(18)14-7-5-6-8-16(14)20;/h5-9,12,18H,3-4,10-11,13H2,1-2H3;1H/p-1. The van der Waals surface area contributed by atoms with E-state index in [4.69, 9.17) is 5.41 Å². The van der Waals surface area contributed by atoms with Gasteiger partial charge < -0.3 is 27.3 Å². The molecule has 4 nitrogen and oxygen atoms in total. The fraction of sp³-hybridized carbons (Fsp3) is 0.412. The van der Waals surface area contributed by atoms with E-state index >= 15 is 0 Å². The van der Waals surface area contributed by atoms with Crippen molar-refractivity contribution >= 4 is 16.8 Å². The van der Waals surface area contributed by atoms with E-state index < -0.39 is 0 Å². The summed E-state index contributed by atoms with van der Waals surface area (Å²) in [6, 6.07) is 9.50. The Hall–Kier alpha value is -1.81. The average molecular weight is 321 g/mol. The molecule has 0 saturated heterocycles. The molecule has 1 aromatic carbocycles. The summed E-state index contributed by atoms with van der Waals surface area (Å²) >= 11 is 0. The number of rotatable bonds is 6. The normalized spacial score (nSPS) is 10.3. The minimum absolute atomic E-state index is 0. The minimum Gasteiger partial charge on any atom is -1.00 e. The van der Waals surface area contributed by atoms with Crippen molar-refractivity contribution < 1.29 is 17.2 Å². The van der Waals surface area contributed by atoms with Gasteiger partial charge in [-0.15, -0.1) is 0 Å². The number of hydrogen-bond donors (Lipinski definition) is 1. The van der Waals surface area contributed by atoms with Crippen LogP contribution in [0.5, 0.6) is 0 Å². The number of fused-ring (bicyclic) bond motifs is 1. The molecule has 0 radical (unpaired) electrons. The molecule has 2 aromatic rings. The number of nitrogens with one attached hydrogen (secondary N) is 1. The number of aromatic nitrogens is 1. The van der Waals surface area contributed by atoms with Crippen molar-refractivity contribution in [3.63, 3.8) is 0 Å². The van der Waals surface area contributed by atoms with Crippen LogP contribution in [0.25, 0.3) is 10.9 Å². The van der Waals surface area contributed by atoms with Gasteiger partial charge in [-0.25, -0.2) is 0 Å². The summed E-state index contributed by atoms with van der Waals surface area (Å²) in [5, 5.41) is 9.32. The van der Waals surface area contributed by atoms with Crippen LogP contribution in [-0.4, -0.2) is 28.5 Å². The van der Waals surface area contributed by atoms with Crippen LogP contribution in [0.4, 0.5) is 0 Å². The van der Waals surface area contributed by atoms with E-state index in [1.165, 1.54) is 0 Å². The topological polar surface area (TPSA) is 49.1 Å². The molecular formula is C17H23ClN3O-. The van der Waals surface area contributed by atoms with Gasteiger partial charge in [0.2, 0.25) is 5.91 Å². The number of amides is 1. The quantitative estimate of drug-likeness (QED) is 0.785. The number of nitrogens with zero attached hydrogens (tertiary/aromatic N) is 2. The van der Waals surface area contributed by atoms with Crippen molar-refractivity contribution in [2.45, 2.75) is 33.2 Å². The van der Waals surface area contributed by atoms with Crippen LogP contribution in [0.1, 0.15) is 26.7 Å². The maximum atomic E-state index is 12.5. The van der Waals surface area contributed by atoms with Gasteiger partial charge in [0.15, 0.2) is 0 Å². The fourth-order valence-corrected chi connectivity index (χ4v) is 2.57. The summed E-state index contributed by atoms with van der Waals surface area (Å²) in [7, 11) is 0. The lowest BCUT2D eigenvalue weighted by Gasteiger charge is -2.22. The smallest absolute Gasteiger partial charge is 0.242 e. The van der Waals surface area contributed by atoms with Gasteiger partial charge in [-0.2, -0.15) is 0 Å². The zero-order valence-corrected chi connectivity index (χ0v) is 13.9. The molecule has 0 aliphatic heterocycles. The predicted molar refractivity (Wildman–Crippen MR) is 85.0 cm³/mol. The van der Waals surface area contributed by atoms with Crippen LogP contribution in [0.15, 0.2) is 36.5 Å². The number of halogens is 1. The van der Waals surface area contributed by atoms with Crippen molar-refractivity contribution in [1.82, 2.24) is 9.47 Å². The molecule has 0 saturated carbocycles. The molecule has 0 spiro atoms. The maximum Gasteiger partial charge on any atom is 0.242 e. The Morgan fingerprint density at radius 3 is 2.41 bits per heavy atom. The second kappa shape index (κ2) is 8.59. The zero-order chi connectivity index (χ0) is 15.2. The van der Waals surface area contributed by atoms with Gasteiger partial charge in [-0.3, -0.25) is 4.79 Å². The van der Waals surface area contributed by atoms with Crippen LogP contribution < -0.4 is 17.8 Å². The van der Waals surface area contributed by atoms with Crippen molar-refractivity contribution in [3.8, 4) is 0 Å². The number of pyridine rings is 1. The molecule has 120 valence electrons. The van der Waals surface area contributed by atoms with Gasteiger partial charge in [0.1, 0.15) is 6.54 Å². The van der Waals surface area contributed by atoms with Crippen molar-refractivity contribution in [3.05, 3.63) is 41.9 Å². The van der Waals surface area contributed by atoms with E-state index in [-0.39, 0.29) is 18.3 Å². The number of carbonyl (C=O) groups excluding carboxylic acids is 1. The molecule has 1 amide bonds. The third-order valence-corrected chi connectivity index (χ3v) is 3.57. The fourth-order valence-electron chi connectivity index (χ4n) is 2.57. The number of benzene rings is 1. The molecule has 0 fully saturated rings. The van der Waals surface area contributed by atoms with Gasteiger partial charge in [0.25, 0.3) is 0 Å². The highest BCUT2D eigenvalue weighted by atomic mass is 35.5. The molecule has 1 N–H and O–H groups in total. The second-order valence-electron chi connectivity index (χ2n) is 5.26. The number of para-hydroxylation sites is 1. The molecule has 22 heavy (non-hydrogen) atoms. The van der Waals surface area contributed by atoms with Gasteiger partial charge in [-0.05, 0) is 25.0 Å². The monoisotopic (exact) mass is 320 g/mol. The maximum absolute atomic E-state index is 12.5. The van der Waals surface area contributed by atoms with Crippen LogP contribution in [0.3, 0.4) is 0 Å². The Balaban J connectivity index is 0.00000242. The summed E-state index contributed by atoms with van der Waals surface area (Å²) in [4.78, 5) is 14.4. The SMILES string of the molecule is CCCN(CCC)C(=O)Cn1ccc(=N)c2ccccc21.[Cl-]. The Bertz CT molecular complexity index is 675. The van der Waals surface area contributed by atoms with Gasteiger partial charge in [0.05, 0.1) is 10.9 Å². The average Bonchev–Trinajstić information content (AvgIpc) is 2.50. The number of carbonyl (C=O) groups is 1. The summed E-state index contributed by atoms with van der Waals surface area (Å²) in [6.07, 6.45) is 3.78. The molecule has 0 aliphatic rings. The first-order valence-electron chi connectivity index (χ1n) is 7.58. The van der Waals surface area contributed by atoms with Crippen molar-refractivity contribution in [2.75, 3.05) is 13.1 Å². The first-order valence-corrected chi connectivity index (χ1v) is 7.58. The Labute approximate surface area is 137 Å². The highest BCUT2D eigenvalue weighted by molar-refractivity contribution is 5.82. The molecule has 5 heteroatoms. The van der Waals surface area contributed by atoms with E-state index in [0.29, 0.717) is 11.9 Å². The van der Waals surface area contributed by atoms with E-state index in [1.54, 1.807) is 6.07 Å². The highest BCUT2D eigenvalue weighted by Gasteiger charge is 2.12. The molecular weight excluding hydrogens is 298 g/mol. The molecule has 2 rings (SSSR count). The summed E-state index contributed by atoms with van der Waals surface area (Å²) in [5.74, 6) is 0.145. The third kappa shape index (κ3) is 4.10. The molecule has 0 atom stereocenters. The van der Waals surface area contributed by atoms with Gasteiger partial charge >= 0.3 is 0 Å². The van der Waals surface area contributed by atoms with Gasteiger partial charge in [-0.1, -0.05) is 32.0 Å². The Morgan fingerprint density at radius 2 is 1.77 bits per heavy atom. The molecule has 0 bridgehead atoms. The van der Waals surface area contributed by atoms with Crippen LogP contribution in [0, 0.1) is 5.41 Å². The van der Waals surface area contributed by atoms with E-state index in [1.807, 2.05) is 39.9 Å². The minimum atomic E-state index is 0. The summed E-state index contributed by atoms with van der Waals surface area (Å²) in [6.45, 7) is 6.13. The lowest BCUT2D eigenvalue weighted by molar-refractivity contribution is -0.131. The first-order chi connectivity index (χ1) is 10.2. The second-order valence-corrected chi connectivity index (χ2v) is 5.26. The zero-order valence-electron chi connectivity index (χ0n) is 13.2. The van der Waals surface area contributed by atoms with Gasteiger partial charge in [0, 0.05) is 24.7 Å². The van der Waals surface area contributed by atoms with E-state index in [0.717, 1.165) is 36.8 Å². The lowest BCUT2D eigenvalue weighted by atomic mass is 10.2. The highest BCUT2D eigenvalue weighted by Crippen LogP contribution is 2.10. The molecule has 1 heterocycles. The van der Waals surface area contributed by atoms with Crippen LogP contribution in [0.2, 0.25) is 0 Å². The summed E-state index contributed by atoms with van der Waals surface area (Å²) < 4.78 is 1.94. The largest absolute Gasteiger partial charge is 1.00 e. The molecule has 1 aromatic heterocycles. The van der Waals surface area contributed by atoms with Crippen molar-refractivity contribution in [2.24, 2.45) is 0 Å². The molecule has 0 unspecified atom stereocenters. The first kappa shape index (κ1) is 18.2. The van der Waals surface area contributed by atoms with E-state index in [9.17, 15) is 4.79 Å². The molecule has 0 aliphatic carbocycles. The summed E-state index contributed by atoms with van der Waals surface area (Å²) in [5.41, 5.74) is 0.936. The predicted octanol–water partition coefficient (Wildman–Crippen LogP) is -0.227.